The largest absolute Gasteiger partial charge is 0.494 e. The van der Waals surface area contributed by atoms with Crippen LogP contribution in [0.1, 0.15) is 24.5 Å². The zero-order chi connectivity index (χ0) is 14.2. The highest BCUT2D eigenvalue weighted by atomic mass is 16.5. The second-order valence-corrected chi connectivity index (χ2v) is 4.93. The fourth-order valence-corrected chi connectivity index (χ4v) is 2.25. The van der Waals surface area contributed by atoms with Gasteiger partial charge in [0.15, 0.2) is 0 Å². The van der Waals surface area contributed by atoms with Crippen molar-refractivity contribution in [3.05, 3.63) is 59.7 Å². The fourth-order valence-electron chi connectivity index (χ4n) is 2.25. The lowest BCUT2D eigenvalue weighted by Crippen LogP contribution is -2.04. The van der Waals surface area contributed by atoms with Crippen LogP contribution in [0.5, 0.6) is 5.75 Å². The van der Waals surface area contributed by atoms with E-state index in [1.165, 1.54) is 16.8 Å². The smallest absolute Gasteiger partial charge is 0.119 e. The number of nitrogens with one attached hydrogen (secondary N) is 1. The SMILES string of the molecule is CCOc1ccc(NCCCc2ccccc2)c(C)c1. The predicted molar refractivity (Wildman–Crippen MR) is 85.6 cm³/mol. The lowest BCUT2D eigenvalue weighted by atomic mass is 10.1. The van der Waals surface area contributed by atoms with Gasteiger partial charge in [-0.05, 0) is 56.0 Å². The Labute approximate surface area is 121 Å². The molecule has 1 N–H and O–H groups in total. The zero-order valence-electron chi connectivity index (χ0n) is 12.4. The van der Waals surface area contributed by atoms with Crippen molar-refractivity contribution in [2.45, 2.75) is 26.7 Å². The maximum atomic E-state index is 5.50. The number of ether oxygens (including phenoxy) is 1. The molecule has 0 aromatic heterocycles. The predicted octanol–water partition coefficient (Wildman–Crippen LogP) is 4.44. The number of aryl methyl sites for hydroxylation is 2. The van der Waals surface area contributed by atoms with Crippen LogP contribution < -0.4 is 10.1 Å². The van der Waals surface area contributed by atoms with Gasteiger partial charge in [-0.3, -0.25) is 0 Å². The first-order valence-electron chi connectivity index (χ1n) is 7.31. The fraction of sp³-hybridized carbons (Fsp3) is 0.333. The molecule has 0 aliphatic heterocycles. The van der Waals surface area contributed by atoms with Gasteiger partial charge in [0.2, 0.25) is 0 Å². The van der Waals surface area contributed by atoms with E-state index in [1.54, 1.807) is 0 Å². The Kier molecular flexibility index (Phi) is 5.48. The maximum absolute atomic E-state index is 5.50. The van der Waals surface area contributed by atoms with Crippen molar-refractivity contribution in [2.75, 3.05) is 18.5 Å². The molecule has 2 nitrogen and oxygen atoms in total. The molecule has 2 rings (SSSR count). The van der Waals surface area contributed by atoms with Crippen molar-refractivity contribution >= 4 is 5.69 Å². The van der Waals surface area contributed by atoms with E-state index in [-0.39, 0.29) is 0 Å². The van der Waals surface area contributed by atoms with Crippen LogP contribution in [0, 0.1) is 6.92 Å². The number of hydrogen-bond donors (Lipinski definition) is 1. The molecule has 0 radical (unpaired) electrons. The minimum absolute atomic E-state index is 0.712. The average Bonchev–Trinajstić information content (AvgIpc) is 2.47. The molecule has 0 bridgehead atoms. The Bertz CT molecular complexity index is 522. The number of rotatable bonds is 7. The van der Waals surface area contributed by atoms with Gasteiger partial charge in [0.1, 0.15) is 5.75 Å². The molecule has 2 aromatic rings. The van der Waals surface area contributed by atoms with Gasteiger partial charge in [0.05, 0.1) is 6.61 Å². The summed E-state index contributed by atoms with van der Waals surface area (Å²) in [4.78, 5) is 0. The third-order valence-corrected chi connectivity index (χ3v) is 3.31. The molecule has 0 aliphatic rings. The van der Waals surface area contributed by atoms with Gasteiger partial charge in [0, 0.05) is 12.2 Å². The highest BCUT2D eigenvalue weighted by Crippen LogP contribution is 2.21. The summed E-state index contributed by atoms with van der Waals surface area (Å²) in [7, 11) is 0. The van der Waals surface area contributed by atoms with E-state index in [0.717, 1.165) is 25.1 Å². The number of benzene rings is 2. The second-order valence-electron chi connectivity index (χ2n) is 4.93. The van der Waals surface area contributed by atoms with Crippen molar-refractivity contribution in [3.63, 3.8) is 0 Å². The van der Waals surface area contributed by atoms with Crippen LogP contribution in [0.2, 0.25) is 0 Å². The molecular weight excluding hydrogens is 246 g/mol. The Morgan fingerprint density at radius 3 is 2.55 bits per heavy atom. The number of anilines is 1. The first-order valence-corrected chi connectivity index (χ1v) is 7.31. The van der Waals surface area contributed by atoms with Gasteiger partial charge >= 0.3 is 0 Å². The molecular formula is C18H23NO. The van der Waals surface area contributed by atoms with Crippen molar-refractivity contribution in [1.82, 2.24) is 0 Å². The van der Waals surface area contributed by atoms with Gasteiger partial charge in [-0.2, -0.15) is 0 Å². The second kappa shape index (κ2) is 7.59. The van der Waals surface area contributed by atoms with Crippen molar-refractivity contribution in [3.8, 4) is 5.75 Å². The topological polar surface area (TPSA) is 21.3 Å². The van der Waals surface area contributed by atoms with Gasteiger partial charge < -0.3 is 10.1 Å². The molecule has 106 valence electrons. The average molecular weight is 269 g/mol. The minimum atomic E-state index is 0.712. The summed E-state index contributed by atoms with van der Waals surface area (Å²) >= 11 is 0. The third kappa shape index (κ3) is 4.30. The van der Waals surface area contributed by atoms with Crippen LogP contribution in [0.4, 0.5) is 5.69 Å². The molecule has 20 heavy (non-hydrogen) atoms. The molecule has 0 atom stereocenters. The Morgan fingerprint density at radius 2 is 1.85 bits per heavy atom. The Balaban J connectivity index is 1.79. The van der Waals surface area contributed by atoms with Crippen LogP contribution in [0.25, 0.3) is 0 Å². The van der Waals surface area contributed by atoms with E-state index in [1.807, 2.05) is 13.0 Å². The van der Waals surface area contributed by atoms with E-state index in [9.17, 15) is 0 Å². The molecule has 0 spiro atoms. The standard InChI is InChI=1S/C18H23NO/c1-3-20-17-11-12-18(15(2)14-17)19-13-7-10-16-8-5-4-6-9-16/h4-6,8-9,11-12,14,19H,3,7,10,13H2,1-2H3. The molecule has 0 heterocycles. The maximum Gasteiger partial charge on any atom is 0.119 e. The van der Waals surface area contributed by atoms with Gasteiger partial charge in [-0.1, -0.05) is 30.3 Å². The van der Waals surface area contributed by atoms with E-state index < -0.39 is 0 Å². The quantitative estimate of drug-likeness (QED) is 0.750. The normalized spacial score (nSPS) is 10.3. The van der Waals surface area contributed by atoms with Crippen LogP contribution in [-0.2, 0) is 6.42 Å². The molecule has 0 saturated carbocycles. The van der Waals surface area contributed by atoms with Crippen molar-refractivity contribution < 1.29 is 4.74 Å². The Morgan fingerprint density at radius 1 is 1.05 bits per heavy atom. The first-order chi connectivity index (χ1) is 9.79. The highest BCUT2D eigenvalue weighted by Gasteiger charge is 2.00. The summed E-state index contributed by atoms with van der Waals surface area (Å²) in [6, 6.07) is 16.8. The number of hydrogen-bond acceptors (Lipinski definition) is 2. The lowest BCUT2D eigenvalue weighted by Gasteiger charge is -2.11. The van der Waals surface area contributed by atoms with Crippen molar-refractivity contribution in [1.29, 1.82) is 0 Å². The molecule has 2 heteroatoms. The first kappa shape index (κ1) is 14.4. The minimum Gasteiger partial charge on any atom is -0.494 e. The molecule has 0 aliphatic carbocycles. The van der Waals surface area contributed by atoms with Crippen LogP contribution in [0.3, 0.4) is 0 Å². The zero-order valence-corrected chi connectivity index (χ0v) is 12.4. The van der Waals surface area contributed by atoms with Crippen molar-refractivity contribution in [2.24, 2.45) is 0 Å². The highest BCUT2D eigenvalue weighted by molar-refractivity contribution is 5.53. The molecule has 0 amide bonds. The van der Waals surface area contributed by atoms with Gasteiger partial charge in [-0.25, -0.2) is 0 Å². The van der Waals surface area contributed by atoms with E-state index in [4.69, 9.17) is 4.74 Å². The van der Waals surface area contributed by atoms with Gasteiger partial charge in [-0.15, -0.1) is 0 Å². The van der Waals surface area contributed by atoms with E-state index in [0.29, 0.717) is 6.61 Å². The summed E-state index contributed by atoms with van der Waals surface area (Å²) in [6.45, 7) is 5.82. The molecule has 0 unspecified atom stereocenters. The monoisotopic (exact) mass is 269 g/mol. The van der Waals surface area contributed by atoms with Crippen LogP contribution in [-0.4, -0.2) is 13.2 Å². The summed E-state index contributed by atoms with van der Waals surface area (Å²) in [6.07, 6.45) is 2.25. The Hall–Kier alpha value is -1.96. The summed E-state index contributed by atoms with van der Waals surface area (Å²) in [5.41, 5.74) is 3.83. The van der Waals surface area contributed by atoms with E-state index in [2.05, 4.69) is 54.7 Å². The van der Waals surface area contributed by atoms with Crippen LogP contribution in [0.15, 0.2) is 48.5 Å². The summed E-state index contributed by atoms with van der Waals surface area (Å²) < 4.78 is 5.50. The molecule has 0 saturated heterocycles. The molecule has 0 fully saturated rings. The lowest BCUT2D eigenvalue weighted by molar-refractivity contribution is 0.340. The van der Waals surface area contributed by atoms with Gasteiger partial charge in [0.25, 0.3) is 0 Å². The van der Waals surface area contributed by atoms with Crippen LogP contribution >= 0.6 is 0 Å². The van der Waals surface area contributed by atoms with E-state index >= 15 is 0 Å². The third-order valence-electron chi connectivity index (χ3n) is 3.31. The summed E-state index contributed by atoms with van der Waals surface area (Å²) in [5, 5.41) is 3.50. The molecule has 2 aromatic carbocycles. The summed E-state index contributed by atoms with van der Waals surface area (Å²) in [5.74, 6) is 0.944.